The van der Waals surface area contributed by atoms with E-state index in [1.54, 1.807) is 19.1 Å². The normalized spacial score (nSPS) is 9.90. The number of ether oxygens (including phenoxy) is 1. The average molecular weight is 463 g/mol. The van der Waals surface area contributed by atoms with E-state index in [0.717, 1.165) is 0 Å². The van der Waals surface area contributed by atoms with Gasteiger partial charge in [0.05, 0.1) is 23.7 Å². The van der Waals surface area contributed by atoms with E-state index in [4.69, 9.17) is 40.2 Å². The molecule has 0 atom stereocenters. The minimum absolute atomic E-state index is 0.0820. The number of carbonyl (C=O) groups excluding carboxylic acids is 4. The molecule has 4 N–H and O–H groups in total. The van der Waals surface area contributed by atoms with Crippen LogP contribution in [0.3, 0.4) is 0 Å². The molecule has 12 heteroatoms. The molecule has 0 aliphatic carbocycles. The number of halogens is 2. The third-order valence-electron chi connectivity index (χ3n) is 3.21. The van der Waals surface area contributed by atoms with Crippen LogP contribution in [0.4, 0.5) is 5.69 Å². The highest BCUT2D eigenvalue weighted by atomic mass is 35.5. The molecule has 0 heterocycles. The lowest BCUT2D eigenvalue weighted by molar-refractivity contribution is -0.144. The summed E-state index contributed by atoms with van der Waals surface area (Å²) >= 11 is 16.6. The molecule has 158 valence electrons. The number of amides is 3. The van der Waals surface area contributed by atoms with Gasteiger partial charge in [-0.1, -0.05) is 23.2 Å². The van der Waals surface area contributed by atoms with E-state index in [0.29, 0.717) is 10.7 Å². The summed E-state index contributed by atoms with van der Waals surface area (Å²) in [6.45, 7) is 1.90. The van der Waals surface area contributed by atoms with Crippen molar-refractivity contribution in [2.75, 3.05) is 11.9 Å². The Hall–Kier alpha value is -2.43. The van der Waals surface area contributed by atoms with E-state index in [1.807, 2.05) is 0 Å². The number of benzene rings is 1. The first-order valence-corrected chi connectivity index (χ1v) is 9.66. The molecule has 0 aliphatic rings. The maximum absolute atomic E-state index is 11.9. The number of carbonyl (C=O) groups is 4. The van der Waals surface area contributed by atoms with Crippen molar-refractivity contribution in [2.45, 2.75) is 32.6 Å². The van der Waals surface area contributed by atoms with Gasteiger partial charge < -0.3 is 15.4 Å². The van der Waals surface area contributed by atoms with E-state index in [9.17, 15) is 19.2 Å². The third kappa shape index (κ3) is 10.6. The van der Waals surface area contributed by atoms with Gasteiger partial charge in [-0.25, -0.2) is 0 Å². The minimum atomic E-state index is -0.523. The first kappa shape index (κ1) is 24.6. The van der Waals surface area contributed by atoms with Crippen LogP contribution >= 0.6 is 35.4 Å². The molecule has 0 fully saturated rings. The third-order valence-corrected chi connectivity index (χ3v) is 3.97. The molecule has 29 heavy (non-hydrogen) atoms. The van der Waals surface area contributed by atoms with Crippen molar-refractivity contribution >= 4 is 69.9 Å². The molecule has 0 saturated heterocycles. The van der Waals surface area contributed by atoms with Crippen molar-refractivity contribution in [3.63, 3.8) is 0 Å². The summed E-state index contributed by atoms with van der Waals surface area (Å²) in [4.78, 5) is 46.4. The lowest BCUT2D eigenvalue weighted by Crippen LogP contribution is -2.48. The Bertz CT molecular complexity index is 791. The van der Waals surface area contributed by atoms with E-state index in [-0.39, 0.29) is 42.4 Å². The van der Waals surface area contributed by atoms with Crippen molar-refractivity contribution in [1.82, 2.24) is 16.2 Å². The van der Waals surface area contributed by atoms with Crippen LogP contribution in [0.1, 0.15) is 32.6 Å². The van der Waals surface area contributed by atoms with Crippen LogP contribution in [0.15, 0.2) is 18.2 Å². The van der Waals surface area contributed by atoms with Gasteiger partial charge in [0.25, 0.3) is 0 Å². The molecule has 0 spiro atoms. The lowest BCUT2D eigenvalue weighted by Gasteiger charge is -2.11. The van der Waals surface area contributed by atoms with Crippen molar-refractivity contribution in [3.8, 4) is 0 Å². The van der Waals surface area contributed by atoms with Gasteiger partial charge in [-0.2, -0.15) is 0 Å². The zero-order chi connectivity index (χ0) is 21.8. The predicted octanol–water partition coefficient (Wildman–Crippen LogP) is 2.08. The van der Waals surface area contributed by atoms with E-state index in [1.165, 1.54) is 6.07 Å². The molecule has 0 aromatic heterocycles. The second-order valence-electron chi connectivity index (χ2n) is 5.53. The van der Waals surface area contributed by atoms with Crippen LogP contribution in [0.5, 0.6) is 0 Å². The number of esters is 1. The van der Waals surface area contributed by atoms with Gasteiger partial charge in [-0.3, -0.25) is 30.0 Å². The highest BCUT2D eigenvalue weighted by Gasteiger charge is 2.11. The average Bonchev–Trinajstić information content (AvgIpc) is 2.65. The lowest BCUT2D eigenvalue weighted by atomic mass is 10.2. The maximum Gasteiger partial charge on any atom is 0.306 e. The summed E-state index contributed by atoms with van der Waals surface area (Å²) in [5.74, 6) is -1.94. The standard InChI is InChI=1S/C17H20Cl2N4O5S/c1-2-28-16(27)8-7-14(25)21-17(29)23-22-15(26)6-5-13(24)20-12-4-3-10(18)9-11(12)19/h3-4,9H,2,5-8H2,1H3,(H,20,24)(H,22,26)(H2,21,23,25,29). The van der Waals surface area contributed by atoms with E-state index >= 15 is 0 Å². The van der Waals surface area contributed by atoms with Gasteiger partial charge in [0, 0.05) is 24.3 Å². The second-order valence-corrected chi connectivity index (χ2v) is 6.78. The molecule has 0 radical (unpaired) electrons. The van der Waals surface area contributed by atoms with E-state index < -0.39 is 23.7 Å². The molecule has 0 saturated carbocycles. The number of nitrogens with one attached hydrogen (secondary N) is 4. The molecular weight excluding hydrogens is 443 g/mol. The first-order chi connectivity index (χ1) is 13.7. The van der Waals surface area contributed by atoms with Gasteiger partial charge in [0.15, 0.2) is 5.11 Å². The fraction of sp³-hybridized carbons (Fsp3) is 0.353. The number of hydrogen-bond acceptors (Lipinski definition) is 6. The summed E-state index contributed by atoms with van der Waals surface area (Å²) in [5, 5.41) is 5.42. The summed E-state index contributed by atoms with van der Waals surface area (Å²) < 4.78 is 4.70. The number of anilines is 1. The number of hydrogen-bond donors (Lipinski definition) is 4. The number of thiocarbonyl (C=S) groups is 1. The zero-order valence-corrected chi connectivity index (χ0v) is 17.8. The Morgan fingerprint density at radius 2 is 1.62 bits per heavy atom. The van der Waals surface area contributed by atoms with Crippen LogP contribution < -0.4 is 21.5 Å². The molecule has 0 aliphatic heterocycles. The Morgan fingerprint density at radius 3 is 2.28 bits per heavy atom. The predicted molar refractivity (Wildman–Crippen MR) is 112 cm³/mol. The Labute approximate surface area is 182 Å². The van der Waals surface area contributed by atoms with Crippen LogP contribution in [-0.2, 0) is 23.9 Å². The number of hydrazine groups is 1. The Morgan fingerprint density at radius 1 is 0.966 bits per heavy atom. The van der Waals surface area contributed by atoms with Gasteiger partial charge in [-0.05, 0) is 37.3 Å². The highest BCUT2D eigenvalue weighted by molar-refractivity contribution is 7.80. The highest BCUT2D eigenvalue weighted by Crippen LogP contribution is 2.25. The topological polar surface area (TPSA) is 126 Å². The minimum Gasteiger partial charge on any atom is -0.466 e. The molecule has 0 unspecified atom stereocenters. The smallest absolute Gasteiger partial charge is 0.306 e. The van der Waals surface area contributed by atoms with Crippen LogP contribution in [0.25, 0.3) is 0 Å². The molecule has 1 aromatic carbocycles. The second kappa shape index (κ2) is 12.9. The summed E-state index contributed by atoms with van der Waals surface area (Å²) in [6, 6.07) is 4.60. The largest absolute Gasteiger partial charge is 0.466 e. The Balaban J connectivity index is 2.25. The van der Waals surface area contributed by atoms with Crippen molar-refractivity contribution < 1.29 is 23.9 Å². The molecule has 3 amide bonds. The molecular formula is C17H20Cl2N4O5S. The fourth-order valence-corrected chi connectivity index (χ4v) is 2.51. The quantitative estimate of drug-likeness (QED) is 0.264. The van der Waals surface area contributed by atoms with Crippen molar-refractivity contribution in [3.05, 3.63) is 28.2 Å². The Kier molecular flexibility index (Phi) is 11.0. The van der Waals surface area contributed by atoms with Crippen molar-refractivity contribution in [1.29, 1.82) is 0 Å². The van der Waals surface area contributed by atoms with Gasteiger partial charge in [0.1, 0.15) is 0 Å². The van der Waals surface area contributed by atoms with Gasteiger partial charge >= 0.3 is 5.97 Å². The summed E-state index contributed by atoms with van der Waals surface area (Å²) in [7, 11) is 0. The van der Waals surface area contributed by atoms with Gasteiger partial charge in [0.2, 0.25) is 17.7 Å². The zero-order valence-electron chi connectivity index (χ0n) is 15.5. The van der Waals surface area contributed by atoms with Gasteiger partial charge in [-0.15, -0.1) is 0 Å². The SMILES string of the molecule is CCOC(=O)CCC(=O)NC(=S)NNC(=O)CCC(=O)Nc1ccc(Cl)cc1Cl. The maximum atomic E-state index is 11.9. The molecule has 1 aromatic rings. The molecule has 9 nitrogen and oxygen atoms in total. The van der Waals surface area contributed by atoms with Crippen LogP contribution in [-0.4, -0.2) is 35.4 Å². The summed E-state index contributed by atoms with van der Waals surface area (Å²) in [6.07, 6.45) is -0.433. The van der Waals surface area contributed by atoms with Crippen molar-refractivity contribution in [2.24, 2.45) is 0 Å². The number of rotatable bonds is 8. The first-order valence-electron chi connectivity index (χ1n) is 8.50. The summed E-state index contributed by atoms with van der Waals surface area (Å²) in [5.41, 5.74) is 4.96. The monoisotopic (exact) mass is 462 g/mol. The molecule has 1 rings (SSSR count). The van der Waals surface area contributed by atoms with E-state index in [2.05, 4.69) is 21.5 Å². The van der Waals surface area contributed by atoms with Crippen LogP contribution in [0, 0.1) is 0 Å². The van der Waals surface area contributed by atoms with Crippen LogP contribution in [0.2, 0.25) is 10.0 Å². The fourth-order valence-electron chi connectivity index (χ4n) is 1.89. The molecule has 0 bridgehead atoms.